The molecule has 45 heavy (non-hydrogen) atoms. The lowest BCUT2D eigenvalue weighted by atomic mass is 10.1. The number of anilines is 5. The number of hydrogen-bond donors (Lipinski definition) is 4. The first-order chi connectivity index (χ1) is 21.6. The van der Waals surface area contributed by atoms with E-state index in [9.17, 15) is 14.4 Å². The number of amides is 3. The van der Waals surface area contributed by atoms with Crippen LogP contribution in [0.1, 0.15) is 47.2 Å². The Balaban J connectivity index is 1.26. The maximum Gasteiger partial charge on any atom is 0.412 e. The van der Waals surface area contributed by atoms with Crippen LogP contribution >= 0.6 is 0 Å². The third-order valence-corrected chi connectivity index (χ3v) is 6.25. The Hall–Kier alpha value is -6.28. The number of benzene rings is 3. The molecule has 0 radical (unpaired) electrons. The molecule has 0 unspecified atom stereocenters. The lowest BCUT2D eigenvalue weighted by Gasteiger charge is -2.20. The number of para-hydroxylation sites is 2. The smallest absolute Gasteiger partial charge is 0.412 e. The lowest BCUT2D eigenvalue weighted by Crippen LogP contribution is -2.27. The number of nitrogens with one attached hydrogen (secondary N) is 4. The molecule has 0 aliphatic rings. The summed E-state index contributed by atoms with van der Waals surface area (Å²) in [4.78, 5) is 51.1. The molecule has 3 amide bonds. The van der Waals surface area contributed by atoms with Gasteiger partial charge in [0.15, 0.2) is 0 Å². The van der Waals surface area contributed by atoms with Crippen molar-refractivity contribution < 1.29 is 19.1 Å². The van der Waals surface area contributed by atoms with Crippen molar-refractivity contribution in [3.8, 4) is 12.3 Å². The molecule has 4 N–H and O–H groups in total. The van der Waals surface area contributed by atoms with E-state index in [0.717, 1.165) is 11.3 Å². The molecule has 0 atom stereocenters. The fraction of sp³-hybridized carbons (Fsp3) is 0.118. The zero-order valence-electron chi connectivity index (χ0n) is 24.7. The summed E-state index contributed by atoms with van der Waals surface area (Å²) in [5.41, 5.74) is 3.03. The topological polar surface area (TPSA) is 147 Å². The Bertz CT molecular complexity index is 1940. The van der Waals surface area contributed by atoms with Gasteiger partial charge < -0.3 is 20.7 Å². The van der Waals surface area contributed by atoms with Crippen molar-refractivity contribution in [1.82, 2.24) is 15.0 Å². The molecule has 0 aliphatic heterocycles. The van der Waals surface area contributed by atoms with Gasteiger partial charge in [0.1, 0.15) is 23.4 Å². The number of carbonyl (C=O) groups excluding carboxylic acids is 3. The molecular weight excluding hydrogens is 570 g/mol. The van der Waals surface area contributed by atoms with Gasteiger partial charge in [-0.2, -0.15) is 0 Å². The number of fused-ring (bicyclic) bond motifs is 1. The van der Waals surface area contributed by atoms with Crippen molar-refractivity contribution in [2.75, 3.05) is 21.3 Å². The van der Waals surface area contributed by atoms with Gasteiger partial charge in [-0.05, 0) is 81.4 Å². The second-order valence-electron chi connectivity index (χ2n) is 10.8. The van der Waals surface area contributed by atoms with Gasteiger partial charge in [-0.1, -0.05) is 24.1 Å². The first kappa shape index (κ1) is 30.2. The highest BCUT2D eigenvalue weighted by Gasteiger charge is 2.18. The summed E-state index contributed by atoms with van der Waals surface area (Å²) in [5.74, 6) is 2.20. The Kier molecular flexibility index (Phi) is 8.67. The molecule has 0 saturated carbocycles. The first-order valence-corrected chi connectivity index (χ1v) is 13.8. The van der Waals surface area contributed by atoms with Crippen LogP contribution < -0.4 is 21.3 Å². The number of hydrogen-bond acceptors (Lipinski definition) is 8. The van der Waals surface area contributed by atoms with E-state index in [-0.39, 0.29) is 11.3 Å². The van der Waals surface area contributed by atoms with Gasteiger partial charge in [0.2, 0.25) is 0 Å². The molecule has 0 spiro atoms. The third kappa shape index (κ3) is 7.77. The van der Waals surface area contributed by atoms with Crippen LogP contribution in [0.2, 0.25) is 0 Å². The zero-order chi connectivity index (χ0) is 32.0. The van der Waals surface area contributed by atoms with Crippen LogP contribution in [0.5, 0.6) is 0 Å². The van der Waals surface area contributed by atoms with E-state index in [0.29, 0.717) is 33.8 Å². The quantitative estimate of drug-likeness (QED) is 0.153. The minimum absolute atomic E-state index is 0.0751. The van der Waals surface area contributed by atoms with E-state index in [4.69, 9.17) is 11.2 Å². The number of rotatable bonds is 7. The monoisotopic (exact) mass is 599 g/mol. The van der Waals surface area contributed by atoms with E-state index >= 15 is 0 Å². The highest BCUT2D eigenvalue weighted by Crippen LogP contribution is 2.27. The molecule has 2 heterocycles. The van der Waals surface area contributed by atoms with Gasteiger partial charge in [0.25, 0.3) is 11.8 Å². The molecular formula is C34H29N7O4. The lowest BCUT2D eigenvalue weighted by molar-refractivity contribution is 0.0635. The summed E-state index contributed by atoms with van der Waals surface area (Å²) >= 11 is 0. The van der Waals surface area contributed by atoms with Crippen molar-refractivity contribution in [3.05, 3.63) is 108 Å². The number of nitrogens with zero attached hydrogens (tertiary/aromatic N) is 3. The van der Waals surface area contributed by atoms with Crippen LogP contribution in [-0.4, -0.2) is 38.5 Å². The van der Waals surface area contributed by atoms with Crippen LogP contribution in [0.3, 0.4) is 0 Å². The van der Waals surface area contributed by atoms with Crippen molar-refractivity contribution in [2.45, 2.75) is 26.4 Å². The minimum Gasteiger partial charge on any atom is -0.444 e. The summed E-state index contributed by atoms with van der Waals surface area (Å²) in [7, 11) is 0. The average Bonchev–Trinajstić information content (AvgIpc) is 3.01. The molecule has 0 bridgehead atoms. The van der Waals surface area contributed by atoms with Crippen molar-refractivity contribution in [1.29, 1.82) is 0 Å². The summed E-state index contributed by atoms with van der Waals surface area (Å²) in [6.45, 7) is 5.26. The second kappa shape index (κ2) is 12.9. The van der Waals surface area contributed by atoms with Crippen LogP contribution in [0.25, 0.3) is 10.9 Å². The van der Waals surface area contributed by atoms with Gasteiger partial charge >= 0.3 is 6.09 Å². The van der Waals surface area contributed by atoms with E-state index in [1.807, 2.05) is 24.3 Å². The molecule has 11 nitrogen and oxygen atoms in total. The number of aromatic nitrogens is 3. The molecule has 2 aromatic heterocycles. The largest absolute Gasteiger partial charge is 0.444 e. The number of carbonyl (C=O) groups is 3. The van der Waals surface area contributed by atoms with Crippen molar-refractivity contribution >= 4 is 57.4 Å². The molecule has 0 aliphatic carbocycles. The second-order valence-corrected chi connectivity index (χ2v) is 10.8. The predicted molar refractivity (Wildman–Crippen MR) is 174 cm³/mol. The number of ether oxygens (including phenoxy) is 1. The Labute approximate surface area is 259 Å². The Morgan fingerprint density at radius 1 is 0.778 bits per heavy atom. The Morgan fingerprint density at radius 2 is 1.56 bits per heavy atom. The van der Waals surface area contributed by atoms with Crippen molar-refractivity contribution in [3.63, 3.8) is 0 Å². The van der Waals surface area contributed by atoms with Gasteiger partial charge in [-0.25, -0.2) is 14.8 Å². The molecule has 5 rings (SSSR count). The standard InChI is InChI=1S/C34H29N7O4/c1-5-21-9-8-10-23(17-21)38-30-25-18-24(14-16-26(25)36-20-37-30)39-31(42)22-13-15-29(35-19-22)32(43)40-27-11-6-7-12-28(27)41-33(44)45-34(2,3)4/h1,6-20H,2-4H3,(H,39,42)(H,40,43)(H,41,44)(H,36,37,38). The van der Waals surface area contributed by atoms with Crippen LogP contribution in [0.15, 0.2) is 91.4 Å². The van der Waals surface area contributed by atoms with Crippen LogP contribution in [-0.2, 0) is 4.74 Å². The van der Waals surface area contributed by atoms with Gasteiger partial charge in [-0.3, -0.25) is 19.9 Å². The fourth-order valence-electron chi connectivity index (χ4n) is 4.22. The highest BCUT2D eigenvalue weighted by atomic mass is 16.6. The maximum absolute atomic E-state index is 13.0. The van der Waals surface area contributed by atoms with Crippen LogP contribution in [0.4, 0.5) is 33.4 Å². The van der Waals surface area contributed by atoms with Gasteiger partial charge in [-0.15, -0.1) is 6.42 Å². The maximum atomic E-state index is 13.0. The highest BCUT2D eigenvalue weighted by molar-refractivity contribution is 6.08. The van der Waals surface area contributed by atoms with Gasteiger partial charge in [0.05, 0.1) is 22.5 Å². The number of terminal acetylenes is 1. The van der Waals surface area contributed by atoms with Crippen LogP contribution in [0, 0.1) is 12.3 Å². The molecule has 224 valence electrons. The summed E-state index contributed by atoms with van der Waals surface area (Å²) in [5, 5.41) is 12.2. The summed E-state index contributed by atoms with van der Waals surface area (Å²) < 4.78 is 5.29. The predicted octanol–water partition coefficient (Wildman–Crippen LogP) is 6.60. The summed E-state index contributed by atoms with van der Waals surface area (Å²) in [6.07, 6.45) is 7.63. The van der Waals surface area contributed by atoms with Gasteiger partial charge in [0, 0.05) is 28.5 Å². The normalized spacial score (nSPS) is 10.8. The third-order valence-electron chi connectivity index (χ3n) is 6.25. The Morgan fingerprint density at radius 3 is 2.27 bits per heavy atom. The fourth-order valence-corrected chi connectivity index (χ4v) is 4.22. The minimum atomic E-state index is -0.682. The number of pyridine rings is 1. The molecule has 11 heteroatoms. The van der Waals surface area contributed by atoms with E-state index < -0.39 is 23.5 Å². The summed E-state index contributed by atoms with van der Waals surface area (Å²) in [6, 6.07) is 22.3. The zero-order valence-corrected chi connectivity index (χ0v) is 24.7. The van der Waals surface area contributed by atoms with Crippen molar-refractivity contribution in [2.24, 2.45) is 0 Å². The molecule has 3 aromatic carbocycles. The SMILES string of the molecule is C#Cc1cccc(Nc2ncnc3ccc(NC(=O)c4ccc(C(=O)Nc5ccccc5NC(=O)OC(C)(C)C)nc4)cc23)c1. The average molecular weight is 600 g/mol. The first-order valence-electron chi connectivity index (χ1n) is 13.8. The molecule has 0 fully saturated rings. The molecule has 5 aromatic rings. The van der Waals surface area contributed by atoms with E-state index in [1.54, 1.807) is 63.2 Å². The van der Waals surface area contributed by atoms with E-state index in [2.05, 4.69) is 42.1 Å². The van der Waals surface area contributed by atoms with E-state index in [1.165, 1.54) is 24.7 Å². The molecule has 0 saturated heterocycles.